The molecule has 0 saturated heterocycles. The van der Waals surface area contributed by atoms with Gasteiger partial charge in [0.2, 0.25) is 0 Å². The summed E-state index contributed by atoms with van der Waals surface area (Å²) in [6.07, 6.45) is 1.37. The molecule has 0 aliphatic rings. The number of hydrogen-bond acceptors (Lipinski definition) is 2. The summed E-state index contributed by atoms with van der Waals surface area (Å²) in [4.78, 5) is 11.0. The zero-order chi connectivity index (χ0) is 10.8. The Balaban J connectivity index is 2.49. The van der Waals surface area contributed by atoms with E-state index in [1.807, 2.05) is 0 Å². The highest BCUT2D eigenvalue weighted by atomic mass is 19.1. The number of carbonyl (C=O) groups excluding carboxylic acids is 1. The monoisotopic (exact) mass is 205 g/mol. The minimum atomic E-state index is -0.640. The Bertz CT molecular complexity index is 488. The first-order chi connectivity index (χ1) is 7.18. The number of hydrogen-bond donors (Lipinski definition) is 1. The topological polar surface area (TPSA) is 56.2 Å². The van der Waals surface area contributed by atoms with Crippen LogP contribution in [0.4, 0.5) is 4.39 Å². The first-order valence-electron chi connectivity index (χ1n) is 4.31. The molecule has 0 aliphatic carbocycles. The zero-order valence-corrected chi connectivity index (χ0v) is 7.74. The molecule has 2 rings (SSSR count). The van der Waals surface area contributed by atoms with Gasteiger partial charge >= 0.3 is 0 Å². The lowest BCUT2D eigenvalue weighted by Crippen LogP contribution is -2.10. The molecule has 0 atom stereocenters. The van der Waals surface area contributed by atoms with Crippen molar-refractivity contribution in [3.63, 3.8) is 0 Å². The van der Waals surface area contributed by atoms with Crippen molar-refractivity contribution in [2.24, 2.45) is 5.73 Å². The Morgan fingerprint density at radius 2 is 1.87 bits per heavy atom. The third-order valence-electron chi connectivity index (χ3n) is 2.04. The summed E-state index contributed by atoms with van der Waals surface area (Å²) in [6.45, 7) is 0. The molecule has 1 amide bonds. The summed E-state index contributed by atoms with van der Waals surface area (Å²) in [5.74, 6) is -0.885. The molecule has 1 aromatic carbocycles. The average molecular weight is 205 g/mol. The molecule has 0 radical (unpaired) electrons. The predicted molar refractivity (Wildman–Crippen MR) is 52.6 cm³/mol. The van der Waals surface area contributed by atoms with E-state index in [0.29, 0.717) is 11.1 Å². The van der Waals surface area contributed by atoms with Gasteiger partial charge in [0.1, 0.15) is 5.82 Å². The van der Waals surface area contributed by atoms with Crippen molar-refractivity contribution in [2.75, 3.05) is 0 Å². The lowest BCUT2D eigenvalue weighted by molar-refractivity contribution is 0.0975. The number of rotatable bonds is 2. The standard InChI is InChI=1S/C11H8FNO2/c12-8-3-1-7(2-4-8)9-5-6-15-10(9)11(13)14/h1-6H,(H2,13,14). The fourth-order valence-corrected chi connectivity index (χ4v) is 1.36. The lowest BCUT2D eigenvalue weighted by Gasteiger charge is -1.99. The number of primary amides is 1. The maximum absolute atomic E-state index is 12.7. The zero-order valence-electron chi connectivity index (χ0n) is 7.74. The van der Waals surface area contributed by atoms with Gasteiger partial charge in [0, 0.05) is 5.56 Å². The van der Waals surface area contributed by atoms with E-state index in [4.69, 9.17) is 10.2 Å². The van der Waals surface area contributed by atoms with E-state index in [9.17, 15) is 9.18 Å². The molecular formula is C11H8FNO2. The van der Waals surface area contributed by atoms with E-state index >= 15 is 0 Å². The Morgan fingerprint density at radius 1 is 1.20 bits per heavy atom. The van der Waals surface area contributed by atoms with Gasteiger partial charge in [-0.25, -0.2) is 4.39 Å². The summed E-state index contributed by atoms with van der Waals surface area (Å²) in [7, 11) is 0. The highest BCUT2D eigenvalue weighted by molar-refractivity contribution is 5.97. The smallest absolute Gasteiger partial charge is 0.285 e. The summed E-state index contributed by atoms with van der Waals surface area (Å²) in [6, 6.07) is 7.37. The van der Waals surface area contributed by atoms with E-state index < -0.39 is 5.91 Å². The Kier molecular flexibility index (Phi) is 2.25. The SMILES string of the molecule is NC(=O)c1occc1-c1ccc(F)cc1. The van der Waals surface area contributed by atoms with Crippen LogP contribution < -0.4 is 5.73 Å². The average Bonchev–Trinajstić information content (AvgIpc) is 2.67. The van der Waals surface area contributed by atoms with Crippen molar-refractivity contribution in [2.45, 2.75) is 0 Å². The second-order valence-corrected chi connectivity index (χ2v) is 3.03. The van der Waals surface area contributed by atoms with Gasteiger partial charge in [0.05, 0.1) is 6.26 Å². The molecule has 0 saturated carbocycles. The van der Waals surface area contributed by atoms with Crippen LogP contribution in [0.3, 0.4) is 0 Å². The number of halogens is 1. The Labute approximate surface area is 85.3 Å². The highest BCUT2D eigenvalue weighted by Crippen LogP contribution is 2.24. The van der Waals surface area contributed by atoms with Crippen LogP contribution in [-0.4, -0.2) is 5.91 Å². The van der Waals surface area contributed by atoms with Crippen LogP contribution in [0.1, 0.15) is 10.6 Å². The summed E-state index contributed by atoms with van der Waals surface area (Å²) in [5.41, 5.74) is 6.38. The van der Waals surface area contributed by atoms with Gasteiger partial charge in [-0.1, -0.05) is 12.1 Å². The molecule has 4 heteroatoms. The van der Waals surface area contributed by atoms with Crippen LogP contribution in [0.25, 0.3) is 11.1 Å². The van der Waals surface area contributed by atoms with Crippen molar-refractivity contribution < 1.29 is 13.6 Å². The largest absolute Gasteiger partial charge is 0.459 e. The van der Waals surface area contributed by atoms with Crippen LogP contribution in [0, 0.1) is 5.82 Å². The van der Waals surface area contributed by atoms with Crippen molar-refractivity contribution in [3.05, 3.63) is 48.2 Å². The van der Waals surface area contributed by atoms with Crippen molar-refractivity contribution in [1.82, 2.24) is 0 Å². The van der Waals surface area contributed by atoms with Crippen LogP contribution >= 0.6 is 0 Å². The molecule has 15 heavy (non-hydrogen) atoms. The second kappa shape index (κ2) is 3.57. The first kappa shape index (κ1) is 9.45. The number of nitrogens with two attached hydrogens (primary N) is 1. The Morgan fingerprint density at radius 3 is 2.47 bits per heavy atom. The van der Waals surface area contributed by atoms with Gasteiger partial charge in [-0.2, -0.15) is 0 Å². The third kappa shape index (κ3) is 1.74. The predicted octanol–water partition coefficient (Wildman–Crippen LogP) is 2.18. The lowest BCUT2D eigenvalue weighted by atomic mass is 10.1. The van der Waals surface area contributed by atoms with E-state index in [1.54, 1.807) is 18.2 Å². The summed E-state index contributed by atoms with van der Waals surface area (Å²) in [5, 5.41) is 0. The normalized spacial score (nSPS) is 10.2. The molecule has 2 N–H and O–H groups in total. The highest BCUT2D eigenvalue weighted by Gasteiger charge is 2.13. The molecule has 3 nitrogen and oxygen atoms in total. The van der Waals surface area contributed by atoms with E-state index in [-0.39, 0.29) is 11.6 Å². The maximum Gasteiger partial charge on any atom is 0.285 e. The molecule has 0 bridgehead atoms. The van der Waals surface area contributed by atoms with Crippen LogP contribution in [-0.2, 0) is 0 Å². The van der Waals surface area contributed by atoms with E-state index in [2.05, 4.69) is 0 Å². The van der Waals surface area contributed by atoms with Gasteiger partial charge in [0.25, 0.3) is 5.91 Å². The number of amides is 1. The van der Waals surface area contributed by atoms with Crippen molar-refractivity contribution in [1.29, 1.82) is 0 Å². The molecule has 76 valence electrons. The van der Waals surface area contributed by atoms with Crippen LogP contribution in [0.5, 0.6) is 0 Å². The first-order valence-corrected chi connectivity index (χ1v) is 4.31. The fraction of sp³-hybridized carbons (Fsp3) is 0. The molecule has 0 spiro atoms. The molecule has 0 unspecified atom stereocenters. The maximum atomic E-state index is 12.7. The summed E-state index contributed by atoms with van der Waals surface area (Å²) < 4.78 is 17.6. The quantitative estimate of drug-likeness (QED) is 0.816. The van der Waals surface area contributed by atoms with E-state index in [0.717, 1.165) is 0 Å². The Hall–Kier alpha value is -2.10. The molecular weight excluding hydrogens is 197 g/mol. The summed E-state index contributed by atoms with van der Waals surface area (Å²) >= 11 is 0. The molecule has 1 aromatic heterocycles. The second-order valence-electron chi connectivity index (χ2n) is 3.03. The van der Waals surface area contributed by atoms with Gasteiger partial charge in [-0.3, -0.25) is 4.79 Å². The number of furan rings is 1. The van der Waals surface area contributed by atoms with Crippen LogP contribution in [0.2, 0.25) is 0 Å². The fourth-order valence-electron chi connectivity index (χ4n) is 1.36. The minimum absolute atomic E-state index is 0.0848. The molecule has 2 aromatic rings. The number of benzene rings is 1. The number of carbonyl (C=O) groups is 1. The third-order valence-corrected chi connectivity index (χ3v) is 2.04. The van der Waals surface area contributed by atoms with Crippen molar-refractivity contribution in [3.8, 4) is 11.1 Å². The van der Waals surface area contributed by atoms with E-state index in [1.165, 1.54) is 18.4 Å². The van der Waals surface area contributed by atoms with Crippen LogP contribution in [0.15, 0.2) is 41.0 Å². The van der Waals surface area contributed by atoms with Gasteiger partial charge in [-0.15, -0.1) is 0 Å². The molecule has 0 aliphatic heterocycles. The minimum Gasteiger partial charge on any atom is -0.459 e. The van der Waals surface area contributed by atoms with Gasteiger partial charge < -0.3 is 10.2 Å². The molecule has 1 heterocycles. The van der Waals surface area contributed by atoms with Gasteiger partial charge in [-0.05, 0) is 23.8 Å². The van der Waals surface area contributed by atoms with Crippen molar-refractivity contribution >= 4 is 5.91 Å². The van der Waals surface area contributed by atoms with Gasteiger partial charge in [0.15, 0.2) is 5.76 Å². The molecule has 0 fully saturated rings.